The van der Waals surface area contributed by atoms with Gasteiger partial charge in [-0.2, -0.15) is 0 Å². The number of nitrogens with zero attached hydrogens (tertiary/aromatic N) is 4. The molecule has 0 spiro atoms. The van der Waals surface area contributed by atoms with Gasteiger partial charge in [-0.05, 0) is 13.3 Å². The third kappa shape index (κ3) is 2.01. The molecule has 0 aromatic carbocycles. The van der Waals surface area contributed by atoms with E-state index >= 15 is 0 Å². The van der Waals surface area contributed by atoms with Crippen LogP contribution in [0, 0.1) is 6.92 Å². The number of carbonyl (C=O) groups excluding carboxylic acids is 1. The number of rotatable bonds is 4. The zero-order valence-electron chi connectivity index (χ0n) is 9.17. The van der Waals surface area contributed by atoms with Crippen molar-refractivity contribution < 1.29 is 4.79 Å². The maximum Gasteiger partial charge on any atom is 0.224 e. The highest BCUT2D eigenvalue weighted by atomic mass is 32.1. The van der Waals surface area contributed by atoms with Gasteiger partial charge in [-0.15, -0.1) is 16.4 Å². The van der Waals surface area contributed by atoms with Gasteiger partial charge in [0, 0.05) is 12.7 Å². The van der Waals surface area contributed by atoms with Gasteiger partial charge < -0.3 is 0 Å². The summed E-state index contributed by atoms with van der Waals surface area (Å²) in [6, 6.07) is 0. The van der Waals surface area contributed by atoms with E-state index in [1.807, 2.05) is 13.8 Å². The van der Waals surface area contributed by atoms with E-state index in [2.05, 4.69) is 15.3 Å². The van der Waals surface area contributed by atoms with Gasteiger partial charge in [0.05, 0.1) is 16.1 Å². The first-order valence-corrected chi connectivity index (χ1v) is 5.89. The molecule has 0 unspecified atom stereocenters. The van der Waals surface area contributed by atoms with E-state index in [4.69, 9.17) is 0 Å². The van der Waals surface area contributed by atoms with Gasteiger partial charge in [0.15, 0.2) is 0 Å². The molecule has 0 aliphatic heterocycles. The van der Waals surface area contributed by atoms with E-state index in [9.17, 15) is 4.79 Å². The topological polar surface area (TPSA) is 60.7 Å². The fraction of sp³-hybridized carbons (Fsp3) is 0.400. The molecule has 2 aromatic rings. The highest BCUT2D eigenvalue weighted by Gasteiger charge is 2.16. The summed E-state index contributed by atoms with van der Waals surface area (Å²) in [6.07, 6.45) is 4.03. The smallest absolute Gasteiger partial charge is 0.224 e. The van der Waals surface area contributed by atoms with Crippen molar-refractivity contribution in [3.05, 3.63) is 28.0 Å². The van der Waals surface area contributed by atoms with Crippen molar-refractivity contribution in [3.63, 3.8) is 0 Å². The van der Waals surface area contributed by atoms with Crippen LogP contribution in [-0.2, 0) is 6.54 Å². The van der Waals surface area contributed by atoms with Crippen molar-refractivity contribution in [2.75, 3.05) is 0 Å². The van der Waals surface area contributed by atoms with Crippen LogP contribution in [0.1, 0.15) is 33.7 Å². The lowest BCUT2D eigenvalue weighted by atomic mass is 10.2. The van der Waals surface area contributed by atoms with E-state index in [0.717, 1.165) is 11.4 Å². The summed E-state index contributed by atoms with van der Waals surface area (Å²) in [5, 5.41) is 8.55. The molecule has 0 aliphatic rings. The average molecular weight is 236 g/mol. The first kappa shape index (κ1) is 10.9. The molecule has 2 rings (SSSR count). The first-order chi connectivity index (χ1) is 7.72. The minimum Gasteiger partial charge on any atom is -0.286 e. The maximum absolute atomic E-state index is 12.1. The second-order valence-electron chi connectivity index (χ2n) is 3.42. The van der Waals surface area contributed by atoms with Crippen LogP contribution >= 0.6 is 11.3 Å². The van der Waals surface area contributed by atoms with Crippen LogP contribution in [0.5, 0.6) is 0 Å². The summed E-state index contributed by atoms with van der Waals surface area (Å²) in [5.74, 6) is -0.0518. The molecule has 2 heterocycles. The Bertz CT molecular complexity index is 502. The molecule has 0 saturated carbocycles. The molecule has 5 nitrogen and oxygen atoms in total. The Morgan fingerprint density at radius 2 is 2.31 bits per heavy atom. The summed E-state index contributed by atoms with van der Waals surface area (Å²) in [4.78, 5) is 16.8. The number of ketones is 1. The van der Waals surface area contributed by atoms with Gasteiger partial charge >= 0.3 is 0 Å². The SMILES string of the molecule is CCCn1nncc1C(=O)c1cnc(C)s1. The van der Waals surface area contributed by atoms with Crippen molar-refractivity contribution in [1.82, 2.24) is 20.0 Å². The van der Waals surface area contributed by atoms with Gasteiger partial charge in [-0.3, -0.25) is 4.79 Å². The lowest BCUT2D eigenvalue weighted by molar-refractivity contribution is 0.103. The number of aromatic nitrogens is 4. The van der Waals surface area contributed by atoms with Crippen molar-refractivity contribution >= 4 is 17.1 Å². The van der Waals surface area contributed by atoms with Gasteiger partial charge in [0.1, 0.15) is 5.69 Å². The maximum atomic E-state index is 12.1. The van der Waals surface area contributed by atoms with E-state index in [1.54, 1.807) is 10.9 Å². The molecule has 0 radical (unpaired) electrons. The molecule has 0 atom stereocenters. The second-order valence-corrected chi connectivity index (χ2v) is 4.65. The minimum atomic E-state index is -0.0518. The molecule has 6 heteroatoms. The standard InChI is InChI=1S/C10H12N4OS/c1-3-4-14-8(5-12-13-14)10(15)9-6-11-7(2)16-9/h5-6H,3-4H2,1-2H3. The van der Waals surface area contributed by atoms with E-state index < -0.39 is 0 Å². The fourth-order valence-electron chi connectivity index (χ4n) is 1.40. The van der Waals surface area contributed by atoms with E-state index in [0.29, 0.717) is 17.1 Å². The van der Waals surface area contributed by atoms with Crippen LogP contribution in [-0.4, -0.2) is 25.8 Å². The zero-order valence-corrected chi connectivity index (χ0v) is 9.99. The summed E-state index contributed by atoms with van der Waals surface area (Å²) in [5.41, 5.74) is 0.533. The Kier molecular flexibility index (Phi) is 3.09. The molecular formula is C10H12N4OS. The highest BCUT2D eigenvalue weighted by Crippen LogP contribution is 2.16. The van der Waals surface area contributed by atoms with Gasteiger partial charge in [-0.25, -0.2) is 9.67 Å². The molecule has 0 aliphatic carbocycles. The van der Waals surface area contributed by atoms with Crippen molar-refractivity contribution in [2.45, 2.75) is 26.8 Å². The van der Waals surface area contributed by atoms with Crippen LogP contribution < -0.4 is 0 Å². The van der Waals surface area contributed by atoms with Crippen LogP contribution in [0.4, 0.5) is 0 Å². The summed E-state index contributed by atoms with van der Waals surface area (Å²) < 4.78 is 1.64. The Morgan fingerprint density at radius 3 is 2.94 bits per heavy atom. The molecule has 2 aromatic heterocycles. The molecule has 0 N–H and O–H groups in total. The van der Waals surface area contributed by atoms with Crippen LogP contribution in [0.2, 0.25) is 0 Å². The summed E-state index contributed by atoms with van der Waals surface area (Å²) in [7, 11) is 0. The van der Waals surface area contributed by atoms with Crippen LogP contribution in [0.15, 0.2) is 12.4 Å². The largest absolute Gasteiger partial charge is 0.286 e. The molecule has 16 heavy (non-hydrogen) atoms. The van der Waals surface area contributed by atoms with Gasteiger partial charge in [0.25, 0.3) is 0 Å². The molecule has 0 fully saturated rings. The third-order valence-electron chi connectivity index (χ3n) is 2.13. The Balaban J connectivity index is 2.30. The number of hydrogen-bond acceptors (Lipinski definition) is 5. The lowest BCUT2D eigenvalue weighted by Gasteiger charge is -2.01. The second kappa shape index (κ2) is 4.52. The summed E-state index contributed by atoms with van der Waals surface area (Å²) in [6.45, 7) is 4.62. The molecule has 0 saturated heterocycles. The number of hydrogen-bond donors (Lipinski definition) is 0. The molecule has 0 amide bonds. The highest BCUT2D eigenvalue weighted by molar-refractivity contribution is 7.13. The molecule has 0 bridgehead atoms. The average Bonchev–Trinajstić information content (AvgIpc) is 2.87. The third-order valence-corrected chi connectivity index (χ3v) is 3.04. The molecular weight excluding hydrogens is 224 g/mol. The van der Waals surface area contributed by atoms with Crippen LogP contribution in [0.3, 0.4) is 0 Å². The Hall–Kier alpha value is -1.56. The van der Waals surface area contributed by atoms with E-state index in [-0.39, 0.29) is 5.78 Å². The van der Waals surface area contributed by atoms with E-state index in [1.165, 1.54) is 17.5 Å². The number of thiazole rings is 1. The number of carbonyl (C=O) groups is 1. The quantitative estimate of drug-likeness (QED) is 0.758. The molecule has 84 valence electrons. The van der Waals surface area contributed by atoms with Crippen molar-refractivity contribution in [2.24, 2.45) is 0 Å². The zero-order chi connectivity index (χ0) is 11.5. The van der Waals surface area contributed by atoms with Gasteiger partial charge in [0.2, 0.25) is 5.78 Å². The fourth-order valence-corrected chi connectivity index (χ4v) is 2.13. The van der Waals surface area contributed by atoms with Crippen molar-refractivity contribution in [1.29, 1.82) is 0 Å². The normalized spacial score (nSPS) is 10.6. The first-order valence-electron chi connectivity index (χ1n) is 5.08. The summed E-state index contributed by atoms with van der Waals surface area (Å²) >= 11 is 1.39. The minimum absolute atomic E-state index is 0.0518. The van der Waals surface area contributed by atoms with Crippen LogP contribution in [0.25, 0.3) is 0 Å². The number of aryl methyl sites for hydroxylation is 2. The lowest BCUT2D eigenvalue weighted by Crippen LogP contribution is -2.10. The predicted molar refractivity (Wildman–Crippen MR) is 60.6 cm³/mol. The Labute approximate surface area is 97.1 Å². The Morgan fingerprint density at radius 1 is 1.50 bits per heavy atom. The predicted octanol–water partition coefficient (Wildman–Crippen LogP) is 1.68. The van der Waals surface area contributed by atoms with Gasteiger partial charge in [-0.1, -0.05) is 12.1 Å². The van der Waals surface area contributed by atoms with Crippen molar-refractivity contribution in [3.8, 4) is 0 Å². The monoisotopic (exact) mass is 236 g/mol.